The molecule has 3 N–H and O–H groups in total. The van der Waals surface area contributed by atoms with Crippen LogP contribution >= 0.6 is 0 Å². The molecule has 6 nitrogen and oxygen atoms in total. The second-order valence-corrected chi connectivity index (χ2v) is 6.18. The minimum atomic E-state index is -3.65. The fraction of sp³-hybridized carbons (Fsp3) is 0.0714. The summed E-state index contributed by atoms with van der Waals surface area (Å²) in [6.07, 6.45) is 3.70. The van der Waals surface area contributed by atoms with E-state index in [0.29, 0.717) is 6.54 Å². The standard InChI is InChI=1S/C14H14N4O2S/c15-21(19,20)13-6-4-12(5-7-13)16-9-11-10-17-18-8-2-1-3-14(11)18/h1-8,10,16H,9H2,(H2,15,19,20). The van der Waals surface area contributed by atoms with Crippen molar-refractivity contribution < 1.29 is 8.42 Å². The molecule has 0 aliphatic rings. The van der Waals surface area contributed by atoms with Crippen LogP contribution in [0.5, 0.6) is 0 Å². The fourth-order valence-electron chi connectivity index (χ4n) is 2.08. The maximum absolute atomic E-state index is 11.2. The van der Waals surface area contributed by atoms with Gasteiger partial charge in [0.1, 0.15) is 0 Å². The van der Waals surface area contributed by atoms with Crippen LogP contribution in [0.3, 0.4) is 0 Å². The molecule has 2 heterocycles. The molecule has 0 aliphatic carbocycles. The van der Waals surface area contributed by atoms with Gasteiger partial charge < -0.3 is 5.32 Å². The lowest BCUT2D eigenvalue weighted by molar-refractivity contribution is 0.598. The Morgan fingerprint density at radius 1 is 1.14 bits per heavy atom. The van der Waals surface area contributed by atoms with Gasteiger partial charge in [0, 0.05) is 24.0 Å². The maximum atomic E-state index is 11.2. The number of hydrogen-bond donors (Lipinski definition) is 2. The van der Waals surface area contributed by atoms with Gasteiger partial charge in [-0.1, -0.05) is 6.07 Å². The molecule has 0 saturated carbocycles. The molecule has 3 rings (SSSR count). The summed E-state index contributed by atoms with van der Waals surface area (Å²) in [7, 11) is -3.65. The van der Waals surface area contributed by atoms with E-state index in [4.69, 9.17) is 5.14 Å². The highest BCUT2D eigenvalue weighted by atomic mass is 32.2. The maximum Gasteiger partial charge on any atom is 0.238 e. The van der Waals surface area contributed by atoms with E-state index in [-0.39, 0.29) is 4.90 Å². The zero-order valence-electron chi connectivity index (χ0n) is 11.1. The molecule has 0 unspecified atom stereocenters. The molecule has 0 saturated heterocycles. The van der Waals surface area contributed by atoms with Crippen molar-refractivity contribution in [3.05, 3.63) is 60.4 Å². The average Bonchev–Trinajstić information content (AvgIpc) is 2.88. The number of rotatable bonds is 4. The molecular formula is C14H14N4O2S. The van der Waals surface area contributed by atoms with Crippen LogP contribution in [0.1, 0.15) is 5.56 Å². The first-order valence-electron chi connectivity index (χ1n) is 6.32. The molecule has 0 amide bonds. The van der Waals surface area contributed by atoms with Crippen LogP contribution in [0.2, 0.25) is 0 Å². The fourth-order valence-corrected chi connectivity index (χ4v) is 2.60. The molecule has 0 atom stereocenters. The molecule has 1 aromatic carbocycles. The van der Waals surface area contributed by atoms with Crippen LogP contribution in [-0.2, 0) is 16.6 Å². The summed E-state index contributed by atoms with van der Waals surface area (Å²) in [4.78, 5) is 0.101. The Balaban J connectivity index is 1.76. The van der Waals surface area contributed by atoms with Crippen LogP contribution in [0, 0.1) is 0 Å². The van der Waals surface area contributed by atoms with E-state index in [2.05, 4.69) is 10.4 Å². The molecule has 0 aliphatic heterocycles. The van der Waals surface area contributed by atoms with Crippen molar-refractivity contribution in [3.8, 4) is 0 Å². The predicted molar refractivity (Wildman–Crippen MR) is 80.3 cm³/mol. The second kappa shape index (κ2) is 5.19. The minimum absolute atomic E-state index is 0.101. The largest absolute Gasteiger partial charge is 0.381 e. The third-order valence-corrected chi connectivity index (χ3v) is 4.10. The number of nitrogens with one attached hydrogen (secondary N) is 1. The van der Waals surface area contributed by atoms with E-state index in [1.807, 2.05) is 24.4 Å². The van der Waals surface area contributed by atoms with Crippen LogP contribution < -0.4 is 10.5 Å². The molecule has 21 heavy (non-hydrogen) atoms. The van der Waals surface area contributed by atoms with Crippen molar-refractivity contribution in [1.29, 1.82) is 0 Å². The Hall–Kier alpha value is -2.38. The number of nitrogens with zero attached hydrogens (tertiary/aromatic N) is 2. The van der Waals surface area contributed by atoms with E-state index >= 15 is 0 Å². The monoisotopic (exact) mass is 302 g/mol. The highest BCUT2D eigenvalue weighted by Crippen LogP contribution is 2.15. The summed E-state index contributed by atoms with van der Waals surface area (Å²) in [6, 6.07) is 12.2. The zero-order chi connectivity index (χ0) is 14.9. The Bertz CT molecular complexity index is 869. The summed E-state index contributed by atoms with van der Waals surface area (Å²) in [5, 5.41) is 12.5. The minimum Gasteiger partial charge on any atom is -0.381 e. The van der Waals surface area contributed by atoms with Gasteiger partial charge in [-0.3, -0.25) is 0 Å². The van der Waals surface area contributed by atoms with Crippen molar-refractivity contribution >= 4 is 21.2 Å². The number of sulfonamides is 1. The van der Waals surface area contributed by atoms with Crippen LogP contribution in [0.4, 0.5) is 5.69 Å². The first-order valence-corrected chi connectivity index (χ1v) is 7.87. The van der Waals surface area contributed by atoms with Gasteiger partial charge in [-0.25, -0.2) is 18.1 Å². The average molecular weight is 302 g/mol. The van der Waals surface area contributed by atoms with Crippen molar-refractivity contribution in [2.45, 2.75) is 11.4 Å². The van der Waals surface area contributed by atoms with Crippen molar-refractivity contribution in [2.75, 3.05) is 5.32 Å². The Labute approximate surface area is 122 Å². The number of hydrogen-bond acceptors (Lipinski definition) is 4. The van der Waals surface area contributed by atoms with E-state index in [1.54, 1.807) is 22.8 Å². The van der Waals surface area contributed by atoms with Crippen LogP contribution in [0.25, 0.3) is 5.52 Å². The van der Waals surface area contributed by atoms with E-state index < -0.39 is 10.0 Å². The lowest BCUT2D eigenvalue weighted by Gasteiger charge is -2.06. The van der Waals surface area contributed by atoms with Gasteiger partial charge in [-0.05, 0) is 36.4 Å². The van der Waals surface area contributed by atoms with Gasteiger partial charge in [-0.15, -0.1) is 0 Å². The summed E-state index contributed by atoms with van der Waals surface area (Å²) in [5.74, 6) is 0. The SMILES string of the molecule is NS(=O)(=O)c1ccc(NCc2cnn3ccccc23)cc1. The van der Waals surface area contributed by atoms with Crippen LogP contribution in [-0.4, -0.2) is 18.0 Å². The van der Waals surface area contributed by atoms with Gasteiger partial charge in [0.15, 0.2) is 0 Å². The zero-order valence-corrected chi connectivity index (χ0v) is 11.9. The predicted octanol–water partition coefficient (Wildman–Crippen LogP) is 1.59. The van der Waals surface area contributed by atoms with Gasteiger partial charge in [0.2, 0.25) is 10.0 Å². The van der Waals surface area contributed by atoms with Crippen molar-refractivity contribution in [2.24, 2.45) is 5.14 Å². The highest BCUT2D eigenvalue weighted by molar-refractivity contribution is 7.89. The lowest BCUT2D eigenvalue weighted by atomic mass is 10.2. The normalized spacial score (nSPS) is 11.7. The molecule has 108 valence electrons. The summed E-state index contributed by atoms with van der Waals surface area (Å²) < 4.78 is 24.2. The number of nitrogens with two attached hydrogens (primary N) is 1. The number of aromatic nitrogens is 2. The Morgan fingerprint density at radius 2 is 1.90 bits per heavy atom. The molecule has 0 bridgehead atoms. The van der Waals surface area contributed by atoms with Gasteiger partial charge in [-0.2, -0.15) is 5.10 Å². The Kier molecular flexibility index (Phi) is 3.36. The van der Waals surface area contributed by atoms with Gasteiger partial charge >= 0.3 is 0 Å². The third-order valence-electron chi connectivity index (χ3n) is 3.17. The van der Waals surface area contributed by atoms with Crippen molar-refractivity contribution in [3.63, 3.8) is 0 Å². The number of anilines is 1. The molecule has 0 fully saturated rings. The number of fused-ring (bicyclic) bond motifs is 1. The molecular weight excluding hydrogens is 288 g/mol. The van der Waals surface area contributed by atoms with Gasteiger partial charge in [0.05, 0.1) is 16.6 Å². The second-order valence-electron chi connectivity index (χ2n) is 4.62. The highest BCUT2D eigenvalue weighted by Gasteiger charge is 2.07. The summed E-state index contributed by atoms with van der Waals surface area (Å²) >= 11 is 0. The van der Waals surface area contributed by atoms with E-state index in [0.717, 1.165) is 16.8 Å². The number of pyridine rings is 1. The summed E-state index contributed by atoms with van der Waals surface area (Å²) in [5.41, 5.74) is 2.91. The number of primary sulfonamides is 1. The molecule has 7 heteroatoms. The third kappa shape index (κ3) is 2.88. The smallest absolute Gasteiger partial charge is 0.238 e. The lowest BCUT2D eigenvalue weighted by Crippen LogP contribution is -2.11. The quantitative estimate of drug-likeness (QED) is 0.766. The Morgan fingerprint density at radius 3 is 2.62 bits per heavy atom. The first-order chi connectivity index (χ1) is 10.0. The van der Waals surface area contributed by atoms with Crippen molar-refractivity contribution in [1.82, 2.24) is 9.61 Å². The van der Waals surface area contributed by atoms with Gasteiger partial charge in [0.25, 0.3) is 0 Å². The topological polar surface area (TPSA) is 89.5 Å². The van der Waals surface area contributed by atoms with E-state index in [9.17, 15) is 8.42 Å². The summed E-state index contributed by atoms with van der Waals surface area (Å²) in [6.45, 7) is 0.599. The molecule has 0 radical (unpaired) electrons. The molecule has 2 aromatic heterocycles. The van der Waals surface area contributed by atoms with Crippen LogP contribution in [0.15, 0.2) is 59.8 Å². The first kappa shape index (κ1) is 13.6. The molecule has 3 aromatic rings. The molecule has 0 spiro atoms. The number of benzene rings is 1. The van der Waals surface area contributed by atoms with E-state index in [1.165, 1.54) is 12.1 Å².